The van der Waals surface area contributed by atoms with Crippen LogP contribution in [0.3, 0.4) is 0 Å². The average molecular weight is 323 g/mol. The molecule has 3 aromatic rings. The van der Waals surface area contributed by atoms with Gasteiger partial charge in [0.05, 0.1) is 7.11 Å². The lowest BCUT2D eigenvalue weighted by atomic mass is 9.94. The predicted octanol–water partition coefficient (Wildman–Crippen LogP) is 3.96. The van der Waals surface area contributed by atoms with Crippen molar-refractivity contribution >= 4 is 11.0 Å². The second-order valence-electron chi connectivity index (χ2n) is 6.31. The van der Waals surface area contributed by atoms with E-state index in [4.69, 9.17) is 9.37 Å². The van der Waals surface area contributed by atoms with E-state index in [2.05, 4.69) is 39.5 Å². The van der Waals surface area contributed by atoms with Gasteiger partial charge in [-0.3, -0.25) is 4.90 Å². The third kappa shape index (κ3) is 2.87. The normalized spacial score (nSPS) is 18.8. The molecule has 4 rings (SSSR count). The quantitative estimate of drug-likeness (QED) is 0.727. The van der Waals surface area contributed by atoms with Crippen molar-refractivity contribution in [2.75, 3.05) is 13.7 Å². The van der Waals surface area contributed by atoms with Gasteiger partial charge in [0.2, 0.25) is 0 Å². The Bertz CT molecular complexity index is 830. The van der Waals surface area contributed by atoms with Crippen molar-refractivity contribution in [3.63, 3.8) is 0 Å². The molecule has 24 heavy (non-hydrogen) atoms. The summed E-state index contributed by atoms with van der Waals surface area (Å²) in [7, 11) is 1.72. The summed E-state index contributed by atoms with van der Waals surface area (Å²) in [5.74, 6) is 0.917. The summed E-state index contributed by atoms with van der Waals surface area (Å²) in [6.07, 6.45) is 3.65. The molecule has 1 aliphatic heterocycles. The summed E-state index contributed by atoms with van der Waals surface area (Å²) in [6.45, 7) is 1.94. The fraction of sp³-hybridized carbons (Fsp3) is 0.368. The van der Waals surface area contributed by atoms with E-state index < -0.39 is 0 Å². The Morgan fingerprint density at radius 2 is 2.08 bits per heavy atom. The highest BCUT2D eigenvalue weighted by Gasteiger charge is 2.25. The monoisotopic (exact) mass is 323 g/mol. The number of nitrogens with zero attached hydrogens (tertiary/aromatic N) is 3. The van der Waals surface area contributed by atoms with E-state index in [0.29, 0.717) is 6.04 Å². The Morgan fingerprint density at radius 1 is 1.17 bits per heavy atom. The molecule has 5 heteroatoms. The van der Waals surface area contributed by atoms with Crippen LogP contribution in [0.1, 0.15) is 36.4 Å². The highest BCUT2D eigenvalue weighted by atomic mass is 16.6. The number of likely N-dealkylation sites (tertiary alicyclic amines) is 1. The zero-order valence-electron chi connectivity index (χ0n) is 13.8. The molecule has 1 fully saturated rings. The molecule has 0 bridgehead atoms. The van der Waals surface area contributed by atoms with Gasteiger partial charge in [0.25, 0.3) is 0 Å². The van der Waals surface area contributed by atoms with Crippen molar-refractivity contribution in [2.45, 2.75) is 31.8 Å². The number of hydrogen-bond acceptors (Lipinski definition) is 5. The number of hydrogen-bond donors (Lipinski definition) is 0. The van der Waals surface area contributed by atoms with E-state index in [0.717, 1.165) is 29.9 Å². The van der Waals surface area contributed by atoms with Gasteiger partial charge in [-0.25, -0.2) is 4.63 Å². The first-order chi connectivity index (χ1) is 11.8. The fourth-order valence-electron chi connectivity index (χ4n) is 3.61. The third-order valence-electron chi connectivity index (χ3n) is 4.84. The van der Waals surface area contributed by atoms with Crippen LogP contribution in [0.2, 0.25) is 0 Å². The average Bonchev–Trinajstić information content (AvgIpc) is 3.12. The van der Waals surface area contributed by atoms with Gasteiger partial charge in [0.1, 0.15) is 16.8 Å². The van der Waals surface area contributed by atoms with Gasteiger partial charge in [-0.15, -0.1) is 0 Å². The maximum atomic E-state index is 5.40. The van der Waals surface area contributed by atoms with Gasteiger partial charge in [-0.2, -0.15) is 0 Å². The van der Waals surface area contributed by atoms with E-state index in [1.807, 2.05) is 18.2 Å². The Morgan fingerprint density at radius 3 is 3.00 bits per heavy atom. The molecular formula is C19H21N3O2. The molecule has 1 aromatic heterocycles. The van der Waals surface area contributed by atoms with Crippen LogP contribution in [0.5, 0.6) is 5.75 Å². The number of benzene rings is 2. The van der Waals surface area contributed by atoms with Gasteiger partial charge < -0.3 is 4.74 Å². The van der Waals surface area contributed by atoms with E-state index in [-0.39, 0.29) is 0 Å². The Balaban J connectivity index is 1.63. The molecule has 0 spiro atoms. The molecule has 1 unspecified atom stereocenters. The summed E-state index contributed by atoms with van der Waals surface area (Å²) < 4.78 is 10.3. The van der Waals surface area contributed by atoms with Crippen LogP contribution in [0.25, 0.3) is 11.0 Å². The minimum Gasteiger partial charge on any atom is -0.497 e. The molecule has 0 aliphatic carbocycles. The molecule has 2 aromatic carbocycles. The number of methoxy groups -OCH3 is 1. The molecular weight excluding hydrogens is 302 g/mol. The first-order valence-corrected chi connectivity index (χ1v) is 8.43. The molecule has 1 aliphatic rings. The van der Waals surface area contributed by atoms with E-state index in [1.165, 1.54) is 30.4 Å². The topological polar surface area (TPSA) is 51.4 Å². The molecule has 0 N–H and O–H groups in total. The second kappa shape index (κ2) is 6.61. The van der Waals surface area contributed by atoms with Crippen molar-refractivity contribution in [1.29, 1.82) is 0 Å². The lowest BCUT2D eigenvalue weighted by molar-refractivity contribution is 0.140. The van der Waals surface area contributed by atoms with Crippen LogP contribution >= 0.6 is 0 Å². The van der Waals surface area contributed by atoms with Crippen LogP contribution in [-0.2, 0) is 6.54 Å². The fourth-order valence-corrected chi connectivity index (χ4v) is 3.61. The summed E-state index contributed by atoms with van der Waals surface area (Å²) in [5.41, 5.74) is 4.18. The van der Waals surface area contributed by atoms with E-state index in [1.54, 1.807) is 7.11 Å². The van der Waals surface area contributed by atoms with Crippen molar-refractivity contribution in [1.82, 2.24) is 15.2 Å². The Hall–Kier alpha value is -2.40. The number of piperidine rings is 1. The van der Waals surface area contributed by atoms with Gasteiger partial charge in [-0.1, -0.05) is 30.7 Å². The number of rotatable bonds is 4. The van der Waals surface area contributed by atoms with Crippen LogP contribution in [-0.4, -0.2) is 28.9 Å². The van der Waals surface area contributed by atoms with Gasteiger partial charge >= 0.3 is 0 Å². The first kappa shape index (κ1) is 15.1. The molecule has 1 atom stereocenters. The summed E-state index contributed by atoms with van der Waals surface area (Å²) >= 11 is 0. The van der Waals surface area contributed by atoms with Crippen LogP contribution in [0.4, 0.5) is 0 Å². The Kier molecular flexibility index (Phi) is 4.17. The standard InChI is InChI=1S/C19H21N3O2/c1-23-16-8-4-6-14(12-16)18-10-2-3-11-22(18)13-15-7-5-9-17-19(15)21-24-20-17/h4-9,12,18H,2-3,10-11,13H2,1H3. The van der Waals surface area contributed by atoms with Crippen molar-refractivity contribution in [2.24, 2.45) is 0 Å². The molecule has 5 nitrogen and oxygen atoms in total. The van der Waals surface area contributed by atoms with Crippen LogP contribution in [0.15, 0.2) is 47.1 Å². The third-order valence-corrected chi connectivity index (χ3v) is 4.84. The zero-order valence-corrected chi connectivity index (χ0v) is 13.8. The molecule has 2 heterocycles. The van der Waals surface area contributed by atoms with Crippen LogP contribution in [0, 0.1) is 0 Å². The largest absolute Gasteiger partial charge is 0.497 e. The SMILES string of the molecule is COc1cccc(C2CCCCN2Cc2cccc3nonc23)c1. The van der Waals surface area contributed by atoms with Crippen molar-refractivity contribution in [3.05, 3.63) is 53.6 Å². The van der Waals surface area contributed by atoms with Gasteiger partial charge in [-0.05, 0) is 59.0 Å². The molecule has 1 saturated heterocycles. The summed E-state index contributed by atoms with van der Waals surface area (Å²) in [4.78, 5) is 2.53. The zero-order chi connectivity index (χ0) is 16.4. The minimum absolute atomic E-state index is 0.406. The van der Waals surface area contributed by atoms with Crippen molar-refractivity contribution in [3.8, 4) is 5.75 Å². The number of aromatic nitrogens is 2. The lowest BCUT2D eigenvalue weighted by Gasteiger charge is -2.36. The molecule has 124 valence electrons. The summed E-state index contributed by atoms with van der Waals surface area (Å²) in [6, 6.07) is 14.9. The second-order valence-corrected chi connectivity index (χ2v) is 6.31. The predicted molar refractivity (Wildman–Crippen MR) is 91.8 cm³/mol. The summed E-state index contributed by atoms with van der Waals surface area (Å²) in [5, 5.41) is 8.03. The molecule has 0 amide bonds. The van der Waals surface area contributed by atoms with Crippen LogP contribution < -0.4 is 4.74 Å². The number of fused-ring (bicyclic) bond motifs is 1. The maximum absolute atomic E-state index is 5.40. The minimum atomic E-state index is 0.406. The first-order valence-electron chi connectivity index (χ1n) is 8.43. The van der Waals surface area contributed by atoms with Gasteiger partial charge in [0.15, 0.2) is 0 Å². The Labute approximate surface area is 141 Å². The highest BCUT2D eigenvalue weighted by molar-refractivity contribution is 5.76. The smallest absolute Gasteiger partial charge is 0.139 e. The maximum Gasteiger partial charge on any atom is 0.139 e. The molecule has 0 saturated carbocycles. The van der Waals surface area contributed by atoms with E-state index in [9.17, 15) is 0 Å². The highest BCUT2D eigenvalue weighted by Crippen LogP contribution is 2.34. The van der Waals surface area contributed by atoms with Gasteiger partial charge in [0, 0.05) is 12.6 Å². The number of ether oxygens (including phenoxy) is 1. The van der Waals surface area contributed by atoms with Crippen molar-refractivity contribution < 1.29 is 9.37 Å². The van der Waals surface area contributed by atoms with E-state index >= 15 is 0 Å². The lowest BCUT2D eigenvalue weighted by Crippen LogP contribution is -2.33. The molecule has 0 radical (unpaired) electrons.